The molecule has 0 fully saturated rings. The van der Waals surface area contributed by atoms with Crippen molar-refractivity contribution in [3.8, 4) is 11.1 Å². The molecule has 164 valence electrons. The highest BCUT2D eigenvalue weighted by Crippen LogP contribution is 2.39. The highest BCUT2D eigenvalue weighted by molar-refractivity contribution is 6.32. The number of halogens is 7. The third-order valence-corrected chi connectivity index (χ3v) is 4.48. The highest BCUT2D eigenvalue weighted by Gasteiger charge is 2.37. The first-order chi connectivity index (χ1) is 14.5. The molecule has 1 unspecified atom stereocenters. The summed E-state index contributed by atoms with van der Waals surface area (Å²) in [4.78, 5) is 7.78. The summed E-state index contributed by atoms with van der Waals surface area (Å²) >= 11 is 6.10. The van der Waals surface area contributed by atoms with Crippen LogP contribution in [0.15, 0.2) is 42.5 Å². The van der Waals surface area contributed by atoms with Crippen LogP contribution in [0, 0.1) is 17.5 Å². The second kappa shape index (κ2) is 8.60. The molecule has 3 aromatic rings. The van der Waals surface area contributed by atoms with Crippen LogP contribution in [0.3, 0.4) is 0 Å². The lowest BCUT2D eigenvalue weighted by atomic mass is 10.1. The summed E-state index contributed by atoms with van der Waals surface area (Å²) < 4.78 is 81.5. The summed E-state index contributed by atoms with van der Waals surface area (Å²) in [6, 6.07) is 6.65. The standard InChI is InChI=1S/C19H14ClF6N5/c1-9(19(24,25)26)28-17-15(14-12(22)7-10(21)8-13(14)23)16(20)29-18(30-17)31(27)11-5-3-2-4-6-11/h2-9H,27H2,1H3,(H,28,29,30). The van der Waals surface area contributed by atoms with Gasteiger partial charge in [0.05, 0.1) is 16.8 Å². The van der Waals surface area contributed by atoms with E-state index in [0.29, 0.717) is 17.8 Å². The SMILES string of the molecule is CC(Nc1nc(N(N)c2ccccc2)nc(Cl)c1-c1c(F)cc(F)cc1F)C(F)(F)F. The summed E-state index contributed by atoms with van der Waals surface area (Å²) in [6.07, 6.45) is -4.73. The molecule has 1 atom stereocenters. The molecule has 1 aromatic heterocycles. The first-order valence-electron chi connectivity index (χ1n) is 8.64. The number of hydrogen-bond acceptors (Lipinski definition) is 5. The number of hydrazine groups is 1. The highest BCUT2D eigenvalue weighted by atomic mass is 35.5. The molecule has 5 nitrogen and oxygen atoms in total. The van der Waals surface area contributed by atoms with Gasteiger partial charge in [0, 0.05) is 12.1 Å². The first kappa shape index (κ1) is 22.6. The van der Waals surface area contributed by atoms with E-state index in [4.69, 9.17) is 17.4 Å². The second-order valence-corrected chi connectivity index (χ2v) is 6.75. The normalized spacial score (nSPS) is 12.5. The largest absolute Gasteiger partial charge is 0.408 e. The van der Waals surface area contributed by atoms with Gasteiger partial charge in [-0.05, 0) is 19.1 Å². The van der Waals surface area contributed by atoms with Crippen molar-refractivity contribution >= 4 is 29.1 Å². The fourth-order valence-corrected chi connectivity index (χ4v) is 2.89. The van der Waals surface area contributed by atoms with Crippen molar-refractivity contribution in [2.45, 2.75) is 19.1 Å². The van der Waals surface area contributed by atoms with E-state index in [2.05, 4.69) is 9.97 Å². The van der Waals surface area contributed by atoms with Gasteiger partial charge < -0.3 is 5.32 Å². The van der Waals surface area contributed by atoms with Crippen LogP contribution in [0.5, 0.6) is 0 Å². The number of anilines is 3. The fourth-order valence-electron chi connectivity index (χ4n) is 2.63. The Bertz CT molecular complexity index is 1070. The predicted octanol–water partition coefficient (Wildman–Crippen LogP) is 5.59. The van der Waals surface area contributed by atoms with E-state index in [1.54, 1.807) is 30.3 Å². The molecule has 0 amide bonds. The Morgan fingerprint density at radius 2 is 1.58 bits per heavy atom. The van der Waals surface area contributed by atoms with Crippen molar-refractivity contribution in [3.63, 3.8) is 0 Å². The maximum atomic E-state index is 14.4. The molecule has 0 saturated carbocycles. The quantitative estimate of drug-likeness (QED) is 0.224. The summed E-state index contributed by atoms with van der Waals surface area (Å²) in [5, 5.41) is 2.36. The molecule has 0 aliphatic heterocycles. The Morgan fingerprint density at radius 3 is 2.13 bits per heavy atom. The number of para-hydroxylation sites is 1. The molecular formula is C19H14ClF6N5. The van der Waals surface area contributed by atoms with Crippen molar-refractivity contribution < 1.29 is 26.3 Å². The van der Waals surface area contributed by atoms with Gasteiger partial charge in [-0.3, -0.25) is 0 Å². The van der Waals surface area contributed by atoms with E-state index in [1.807, 2.05) is 5.32 Å². The lowest BCUT2D eigenvalue weighted by Gasteiger charge is -2.23. The Balaban J connectivity index is 2.21. The van der Waals surface area contributed by atoms with Crippen LogP contribution in [0.2, 0.25) is 5.15 Å². The van der Waals surface area contributed by atoms with E-state index < -0.39 is 51.8 Å². The number of alkyl halides is 3. The Hall–Kier alpha value is -3.05. The molecule has 3 N–H and O–H groups in total. The molecule has 3 rings (SSSR count). The maximum Gasteiger partial charge on any atom is 0.408 e. The Kier molecular flexibility index (Phi) is 6.27. The first-order valence-corrected chi connectivity index (χ1v) is 9.02. The second-order valence-electron chi connectivity index (χ2n) is 6.40. The Morgan fingerprint density at radius 1 is 1.00 bits per heavy atom. The number of rotatable bonds is 5. The molecular weight excluding hydrogens is 448 g/mol. The smallest absolute Gasteiger partial charge is 0.358 e. The van der Waals surface area contributed by atoms with Crippen molar-refractivity contribution in [3.05, 3.63) is 65.1 Å². The zero-order valence-electron chi connectivity index (χ0n) is 15.7. The average molecular weight is 462 g/mol. The zero-order chi connectivity index (χ0) is 22.9. The fraction of sp³-hybridized carbons (Fsp3) is 0.158. The predicted molar refractivity (Wildman–Crippen MR) is 104 cm³/mol. The van der Waals surface area contributed by atoms with Gasteiger partial charge in [0.25, 0.3) is 0 Å². The molecule has 0 radical (unpaired) electrons. The third-order valence-electron chi connectivity index (χ3n) is 4.20. The van der Waals surface area contributed by atoms with E-state index in [0.717, 1.165) is 11.9 Å². The summed E-state index contributed by atoms with van der Waals surface area (Å²) in [7, 11) is 0. The minimum absolute atomic E-state index is 0.347. The van der Waals surface area contributed by atoms with E-state index in [9.17, 15) is 26.3 Å². The van der Waals surface area contributed by atoms with Gasteiger partial charge in [-0.25, -0.2) is 24.0 Å². The molecule has 12 heteroatoms. The van der Waals surface area contributed by atoms with Crippen LogP contribution in [0.25, 0.3) is 11.1 Å². The van der Waals surface area contributed by atoms with Gasteiger partial charge in [0.15, 0.2) is 0 Å². The van der Waals surface area contributed by atoms with Gasteiger partial charge in [0.2, 0.25) is 5.95 Å². The molecule has 31 heavy (non-hydrogen) atoms. The molecule has 0 aliphatic carbocycles. The number of benzene rings is 2. The molecule has 0 spiro atoms. The minimum atomic E-state index is -4.73. The van der Waals surface area contributed by atoms with Crippen LogP contribution in [-0.4, -0.2) is 22.2 Å². The van der Waals surface area contributed by atoms with Crippen molar-refractivity contribution in [1.29, 1.82) is 0 Å². The average Bonchev–Trinajstić information content (AvgIpc) is 2.68. The van der Waals surface area contributed by atoms with Gasteiger partial charge in [0.1, 0.15) is 34.5 Å². The van der Waals surface area contributed by atoms with Gasteiger partial charge >= 0.3 is 6.18 Å². The zero-order valence-corrected chi connectivity index (χ0v) is 16.4. The van der Waals surface area contributed by atoms with E-state index in [-0.39, 0.29) is 5.95 Å². The number of nitrogens with zero attached hydrogens (tertiary/aromatic N) is 3. The van der Waals surface area contributed by atoms with Crippen LogP contribution in [0.1, 0.15) is 6.92 Å². The van der Waals surface area contributed by atoms with Gasteiger partial charge in [-0.2, -0.15) is 23.1 Å². The summed E-state index contributed by atoms with van der Waals surface area (Å²) in [5.41, 5.74) is -1.14. The lowest BCUT2D eigenvalue weighted by molar-refractivity contribution is -0.138. The van der Waals surface area contributed by atoms with Crippen molar-refractivity contribution in [2.24, 2.45) is 5.84 Å². The molecule has 0 saturated heterocycles. The number of nitrogens with two attached hydrogens (primary N) is 1. The Labute approximate surface area is 177 Å². The lowest BCUT2D eigenvalue weighted by Crippen LogP contribution is -2.34. The number of hydrogen-bond donors (Lipinski definition) is 2. The minimum Gasteiger partial charge on any atom is -0.358 e. The molecule has 0 bridgehead atoms. The topological polar surface area (TPSA) is 67.1 Å². The van der Waals surface area contributed by atoms with E-state index >= 15 is 0 Å². The van der Waals surface area contributed by atoms with Crippen molar-refractivity contribution in [2.75, 3.05) is 10.3 Å². The van der Waals surface area contributed by atoms with Crippen LogP contribution >= 0.6 is 11.6 Å². The summed E-state index contributed by atoms with van der Waals surface area (Å²) in [6.45, 7) is 0.772. The number of nitrogens with one attached hydrogen (secondary N) is 1. The van der Waals surface area contributed by atoms with Crippen LogP contribution < -0.4 is 16.2 Å². The van der Waals surface area contributed by atoms with Gasteiger partial charge in [-0.15, -0.1) is 0 Å². The van der Waals surface area contributed by atoms with Gasteiger partial charge in [-0.1, -0.05) is 29.8 Å². The van der Waals surface area contributed by atoms with E-state index in [1.165, 1.54) is 0 Å². The number of aromatic nitrogens is 2. The van der Waals surface area contributed by atoms with Crippen LogP contribution in [0.4, 0.5) is 43.8 Å². The van der Waals surface area contributed by atoms with Crippen LogP contribution in [-0.2, 0) is 0 Å². The van der Waals surface area contributed by atoms with Crippen molar-refractivity contribution in [1.82, 2.24) is 9.97 Å². The summed E-state index contributed by atoms with van der Waals surface area (Å²) in [5.74, 6) is 0.937. The maximum absolute atomic E-state index is 14.4. The molecule has 0 aliphatic rings. The third kappa shape index (κ3) is 4.83. The monoisotopic (exact) mass is 461 g/mol. The molecule has 2 aromatic carbocycles. The molecule has 1 heterocycles.